The van der Waals surface area contributed by atoms with Crippen molar-refractivity contribution in [3.05, 3.63) is 57.6 Å². The van der Waals surface area contributed by atoms with E-state index in [2.05, 4.69) is 0 Å². The van der Waals surface area contributed by atoms with Crippen LogP contribution >= 0.6 is 23.2 Å². The third kappa shape index (κ3) is 3.00. The number of rotatable bonds is 3. The van der Waals surface area contributed by atoms with E-state index in [4.69, 9.17) is 39.1 Å². The second-order valence-corrected chi connectivity index (χ2v) is 4.89. The highest BCUT2D eigenvalue weighted by molar-refractivity contribution is 6.35. The number of aryl methyl sites for hydroxylation is 1. The summed E-state index contributed by atoms with van der Waals surface area (Å²) in [6.07, 6.45) is 0. The maximum Gasteiger partial charge on any atom is 0.146 e. The molecule has 2 aromatic rings. The molecule has 5 heteroatoms. The highest BCUT2D eigenvalue weighted by Crippen LogP contribution is 2.34. The van der Waals surface area contributed by atoms with Gasteiger partial charge >= 0.3 is 0 Å². The molecule has 98 valence electrons. The second kappa shape index (κ2) is 5.51. The molecule has 0 aliphatic carbocycles. The fraction of sp³-hybridized carbons (Fsp3) is 0.0714. The van der Waals surface area contributed by atoms with Crippen molar-refractivity contribution in [2.24, 2.45) is 5.73 Å². The van der Waals surface area contributed by atoms with E-state index < -0.39 is 0 Å². The number of hydrogen-bond acceptors (Lipinski definition) is 2. The first-order valence-corrected chi connectivity index (χ1v) is 6.31. The molecule has 2 rings (SSSR count). The second-order valence-electron chi connectivity index (χ2n) is 4.04. The molecule has 3 N–H and O–H groups in total. The van der Waals surface area contributed by atoms with Crippen LogP contribution in [-0.4, -0.2) is 5.84 Å². The van der Waals surface area contributed by atoms with Crippen LogP contribution in [0.15, 0.2) is 36.4 Å². The summed E-state index contributed by atoms with van der Waals surface area (Å²) in [5.41, 5.74) is 6.96. The molecule has 0 bridgehead atoms. The number of hydrogen-bond donors (Lipinski definition) is 2. The summed E-state index contributed by atoms with van der Waals surface area (Å²) in [7, 11) is 0. The lowest BCUT2D eigenvalue weighted by Crippen LogP contribution is -2.12. The van der Waals surface area contributed by atoms with Crippen LogP contribution in [0.25, 0.3) is 0 Å². The van der Waals surface area contributed by atoms with Gasteiger partial charge in [-0.3, -0.25) is 5.41 Å². The van der Waals surface area contributed by atoms with Gasteiger partial charge in [-0.2, -0.15) is 0 Å². The summed E-state index contributed by atoms with van der Waals surface area (Å²) in [6.45, 7) is 1.88. The van der Waals surface area contributed by atoms with Crippen molar-refractivity contribution in [1.82, 2.24) is 0 Å². The largest absolute Gasteiger partial charge is 0.455 e. The zero-order valence-corrected chi connectivity index (χ0v) is 11.7. The lowest BCUT2D eigenvalue weighted by atomic mass is 10.1. The number of nitrogens with two attached hydrogens (primary N) is 1. The van der Waals surface area contributed by atoms with Gasteiger partial charge in [-0.15, -0.1) is 0 Å². The number of nitrogens with one attached hydrogen (secondary N) is 1. The lowest BCUT2D eigenvalue weighted by molar-refractivity contribution is 0.478. The van der Waals surface area contributed by atoms with E-state index in [-0.39, 0.29) is 5.84 Å². The quantitative estimate of drug-likeness (QED) is 0.652. The van der Waals surface area contributed by atoms with Crippen LogP contribution in [0.5, 0.6) is 11.5 Å². The van der Waals surface area contributed by atoms with Crippen molar-refractivity contribution in [3.8, 4) is 11.5 Å². The summed E-state index contributed by atoms with van der Waals surface area (Å²) >= 11 is 11.9. The van der Waals surface area contributed by atoms with Gasteiger partial charge in [-0.25, -0.2) is 0 Å². The smallest absolute Gasteiger partial charge is 0.146 e. The molecule has 0 saturated carbocycles. The number of ether oxygens (including phenoxy) is 1. The summed E-state index contributed by atoms with van der Waals surface area (Å²) < 4.78 is 5.78. The molecule has 0 aromatic heterocycles. The van der Waals surface area contributed by atoms with E-state index in [0.29, 0.717) is 27.1 Å². The standard InChI is InChI=1S/C14H12Cl2N2O/c1-8-3-2-4-10(14(17)18)13(8)19-12-6-5-9(15)7-11(12)16/h2-7H,1H3,(H3,17,18). The molecule has 0 aliphatic heterocycles. The topological polar surface area (TPSA) is 59.1 Å². The molecule has 0 radical (unpaired) electrons. The molecule has 0 saturated heterocycles. The molecule has 0 heterocycles. The Morgan fingerprint density at radius 1 is 1.21 bits per heavy atom. The highest BCUT2D eigenvalue weighted by atomic mass is 35.5. The molecule has 2 aromatic carbocycles. The number of amidine groups is 1. The van der Waals surface area contributed by atoms with Gasteiger partial charge < -0.3 is 10.5 Å². The molecular formula is C14H12Cl2N2O. The Bertz CT molecular complexity index is 641. The molecule has 3 nitrogen and oxygen atoms in total. The van der Waals surface area contributed by atoms with Gasteiger partial charge in [0.15, 0.2) is 0 Å². The summed E-state index contributed by atoms with van der Waals surface area (Å²) in [5, 5.41) is 8.51. The molecule has 19 heavy (non-hydrogen) atoms. The number of halogens is 2. The summed E-state index contributed by atoms with van der Waals surface area (Å²) in [5.74, 6) is 0.950. The molecule has 0 unspecified atom stereocenters. The predicted molar refractivity (Wildman–Crippen MR) is 78.7 cm³/mol. The number of nitrogen functional groups attached to an aromatic ring is 1. The lowest BCUT2D eigenvalue weighted by Gasteiger charge is -2.14. The Hall–Kier alpha value is -1.71. The Morgan fingerprint density at radius 2 is 1.95 bits per heavy atom. The van der Waals surface area contributed by atoms with E-state index in [1.165, 1.54) is 0 Å². The molecule has 0 fully saturated rings. The monoisotopic (exact) mass is 294 g/mol. The maximum atomic E-state index is 7.57. The number of benzene rings is 2. The average molecular weight is 295 g/mol. The average Bonchev–Trinajstić information content (AvgIpc) is 2.34. The van der Waals surface area contributed by atoms with E-state index in [1.54, 1.807) is 24.3 Å². The third-order valence-corrected chi connectivity index (χ3v) is 3.14. The first kappa shape index (κ1) is 13.7. The maximum absolute atomic E-state index is 7.57. The van der Waals surface area contributed by atoms with E-state index in [0.717, 1.165) is 5.56 Å². The zero-order chi connectivity index (χ0) is 14.0. The molecule has 0 amide bonds. The Balaban J connectivity index is 2.46. The fourth-order valence-electron chi connectivity index (χ4n) is 1.67. The van der Waals surface area contributed by atoms with Crippen LogP contribution in [0.1, 0.15) is 11.1 Å². The first-order valence-electron chi connectivity index (χ1n) is 5.56. The van der Waals surface area contributed by atoms with Crippen molar-refractivity contribution in [3.63, 3.8) is 0 Å². The van der Waals surface area contributed by atoms with Crippen LogP contribution < -0.4 is 10.5 Å². The minimum atomic E-state index is -0.0521. The van der Waals surface area contributed by atoms with Crippen molar-refractivity contribution in [1.29, 1.82) is 5.41 Å². The van der Waals surface area contributed by atoms with E-state index in [9.17, 15) is 0 Å². The Labute approximate surface area is 121 Å². The predicted octanol–water partition coefficient (Wildman–Crippen LogP) is 4.38. The molecular weight excluding hydrogens is 283 g/mol. The molecule has 0 atom stereocenters. The zero-order valence-electron chi connectivity index (χ0n) is 10.2. The van der Waals surface area contributed by atoms with Gasteiger partial charge in [0.1, 0.15) is 17.3 Å². The molecule has 0 spiro atoms. The van der Waals surface area contributed by atoms with Gasteiger partial charge in [0, 0.05) is 5.02 Å². The Morgan fingerprint density at radius 3 is 2.58 bits per heavy atom. The number of para-hydroxylation sites is 1. The third-order valence-electron chi connectivity index (χ3n) is 2.61. The van der Waals surface area contributed by atoms with Crippen molar-refractivity contribution in [2.75, 3.05) is 0 Å². The van der Waals surface area contributed by atoms with Gasteiger partial charge in [0.25, 0.3) is 0 Å². The van der Waals surface area contributed by atoms with Crippen LogP contribution in [0.2, 0.25) is 10.0 Å². The van der Waals surface area contributed by atoms with E-state index in [1.807, 2.05) is 19.1 Å². The van der Waals surface area contributed by atoms with Gasteiger partial charge in [0.05, 0.1) is 10.6 Å². The fourth-order valence-corrected chi connectivity index (χ4v) is 2.12. The van der Waals surface area contributed by atoms with Crippen LogP contribution in [-0.2, 0) is 0 Å². The van der Waals surface area contributed by atoms with Crippen LogP contribution in [0.4, 0.5) is 0 Å². The van der Waals surface area contributed by atoms with Crippen LogP contribution in [0, 0.1) is 12.3 Å². The van der Waals surface area contributed by atoms with Gasteiger partial charge in [-0.1, -0.05) is 35.3 Å². The van der Waals surface area contributed by atoms with Crippen molar-refractivity contribution in [2.45, 2.75) is 6.92 Å². The van der Waals surface area contributed by atoms with Crippen LogP contribution in [0.3, 0.4) is 0 Å². The normalized spacial score (nSPS) is 10.3. The van der Waals surface area contributed by atoms with Gasteiger partial charge in [0.2, 0.25) is 0 Å². The van der Waals surface area contributed by atoms with Gasteiger partial charge in [-0.05, 0) is 36.8 Å². The molecule has 0 aliphatic rings. The van der Waals surface area contributed by atoms with Crippen molar-refractivity contribution >= 4 is 29.0 Å². The minimum Gasteiger partial charge on any atom is -0.455 e. The SMILES string of the molecule is Cc1cccc(C(=N)N)c1Oc1ccc(Cl)cc1Cl. The minimum absolute atomic E-state index is 0.0521. The Kier molecular flexibility index (Phi) is 3.98. The summed E-state index contributed by atoms with van der Waals surface area (Å²) in [4.78, 5) is 0. The first-order chi connectivity index (χ1) is 8.99. The summed E-state index contributed by atoms with van der Waals surface area (Å²) in [6, 6.07) is 10.4. The highest BCUT2D eigenvalue weighted by Gasteiger charge is 2.12. The van der Waals surface area contributed by atoms with E-state index >= 15 is 0 Å². The van der Waals surface area contributed by atoms with Crippen molar-refractivity contribution < 1.29 is 4.74 Å².